The minimum atomic E-state index is -3.98. The van der Waals surface area contributed by atoms with Gasteiger partial charge >= 0.3 is 0 Å². The summed E-state index contributed by atoms with van der Waals surface area (Å²) in [7, 11) is -4.46. The highest BCUT2D eigenvalue weighted by molar-refractivity contribution is 8.13. The quantitative estimate of drug-likeness (QED) is 0.219. The van der Waals surface area contributed by atoms with Crippen LogP contribution in [-0.2, 0) is 29.5 Å². The normalized spacial score (nSPS) is 18.9. The number of nitriles is 1. The van der Waals surface area contributed by atoms with E-state index in [1.807, 2.05) is 24.5 Å². The fraction of sp³-hybridized carbons (Fsp3) is 0.516. The number of hydrazone groups is 2. The van der Waals surface area contributed by atoms with Gasteiger partial charge in [0, 0.05) is 93.9 Å². The van der Waals surface area contributed by atoms with Gasteiger partial charge in [-0.3, -0.25) is 18.8 Å². The second kappa shape index (κ2) is 19.1. The number of thioether (sulfide) groups is 1. The van der Waals surface area contributed by atoms with E-state index in [2.05, 4.69) is 41.1 Å². The van der Waals surface area contributed by atoms with Crippen LogP contribution in [0.5, 0.6) is 0 Å². The van der Waals surface area contributed by atoms with Gasteiger partial charge in [0.05, 0.1) is 19.2 Å². The van der Waals surface area contributed by atoms with Crippen LogP contribution in [0, 0.1) is 22.2 Å². The first-order chi connectivity index (χ1) is 27.1. The molecule has 4 aliphatic rings. The molecule has 0 radical (unpaired) electrons. The minimum Gasteiger partial charge on any atom is -0.381 e. The molecule has 0 bridgehead atoms. The molecule has 0 saturated carbocycles. The minimum absolute atomic E-state index is 0.0781. The zero-order valence-corrected chi connectivity index (χ0v) is 36.9. The van der Waals surface area contributed by atoms with Crippen molar-refractivity contribution in [3.63, 3.8) is 0 Å². The fourth-order valence-electron chi connectivity index (χ4n) is 6.19. The van der Waals surface area contributed by atoms with Crippen molar-refractivity contribution >= 4 is 111 Å². The average Bonchev–Trinajstić information content (AvgIpc) is 4.03. The number of sulfonamides is 2. The van der Waals surface area contributed by atoms with E-state index in [1.165, 1.54) is 45.4 Å². The van der Waals surface area contributed by atoms with Crippen molar-refractivity contribution in [2.75, 3.05) is 59.9 Å². The monoisotopic (exact) mass is 921 g/mol. The van der Waals surface area contributed by atoms with Crippen molar-refractivity contribution in [2.45, 2.75) is 42.7 Å². The largest absolute Gasteiger partial charge is 0.381 e. The van der Waals surface area contributed by atoms with E-state index in [-0.39, 0.29) is 37.1 Å². The summed E-state index contributed by atoms with van der Waals surface area (Å²) in [6.45, 7) is 6.01. The first kappa shape index (κ1) is 44.7. The highest BCUT2D eigenvalue weighted by Crippen LogP contribution is 2.35. The van der Waals surface area contributed by atoms with Gasteiger partial charge < -0.3 is 9.47 Å². The lowest BCUT2D eigenvalue weighted by molar-refractivity contribution is 0.0452. The number of thiazole rings is 2. The Labute approximate surface area is 352 Å². The summed E-state index contributed by atoms with van der Waals surface area (Å²) in [4.78, 5) is 17.2. The predicted molar refractivity (Wildman–Crippen MR) is 225 cm³/mol. The van der Waals surface area contributed by atoms with Crippen molar-refractivity contribution in [2.24, 2.45) is 36.2 Å². The average molecular weight is 923 g/mol. The zero-order valence-electron chi connectivity index (χ0n) is 31.3. The highest BCUT2D eigenvalue weighted by atomic mass is 35.5. The lowest BCUT2D eigenvalue weighted by Gasteiger charge is -2.31. The van der Waals surface area contributed by atoms with Crippen LogP contribution in [-0.4, -0.2) is 129 Å². The number of rotatable bonds is 3. The standard InChI is InChI=1S/C14H17ClN6O3S2.C10H17N3OS.C5H4ClN3O2S2.C2H3N/c1-16-12(21-9-14(8-17-21)2-5-24-6-3-14)19-26(22,23)11-10(15)18-13-20(11)4-7-25-13;1-11-9(15-2)13-8-10(7-12-13)3-5-14-6-4-10;6-3-4(13(7,10)11)9-1-2-12-5(9)8-3;1-2-3/h4,7-8H,2-3,5-6,9H2,1H3,(H,16,19);7H,3-6,8H2,1-2H3;1-2H,(H2,7,10,11);1H3. The van der Waals surface area contributed by atoms with Crippen LogP contribution in [0.3, 0.4) is 0 Å². The summed E-state index contributed by atoms with van der Waals surface area (Å²) in [6.07, 6.45) is 13.0. The molecule has 4 aromatic rings. The summed E-state index contributed by atoms with van der Waals surface area (Å²) in [5.41, 5.74) is 0.137. The molecule has 310 valence electrons. The van der Waals surface area contributed by atoms with Gasteiger partial charge in [0.1, 0.15) is 0 Å². The van der Waals surface area contributed by atoms with E-state index >= 15 is 0 Å². The Hall–Kier alpha value is -3.38. The molecule has 8 heterocycles. The van der Waals surface area contributed by atoms with Crippen molar-refractivity contribution in [1.82, 2.24) is 33.5 Å². The number of nitrogens with two attached hydrogens (primary N) is 1. The Morgan fingerprint density at radius 3 is 1.79 bits per heavy atom. The van der Waals surface area contributed by atoms with Gasteiger partial charge in [0.25, 0.3) is 20.0 Å². The van der Waals surface area contributed by atoms with Gasteiger partial charge in [-0.15, -0.1) is 22.7 Å². The van der Waals surface area contributed by atoms with Gasteiger partial charge in [-0.05, 0) is 31.9 Å². The number of fused-ring (bicyclic) bond motifs is 2. The fourth-order valence-corrected chi connectivity index (χ4v) is 11.2. The number of nitrogens with one attached hydrogen (secondary N) is 1. The lowest BCUT2D eigenvalue weighted by Crippen LogP contribution is -2.44. The third-order valence-corrected chi connectivity index (χ3v) is 14.3. The molecule has 2 fully saturated rings. The predicted octanol–water partition coefficient (Wildman–Crippen LogP) is 4.07. The third-order valence-electron chi connectivity index (χ3n) is 9.01. The molecule has 0 atom stereocenters. The highest BCUT2D eigenvalue weighted by Gasteiger charge is 2.40. The Balaban J connectivity index is 0.000000170. The van der Waals surface area contributed by atoms with Gasteiger partial charge in [-0.25, -0.2) is 38.3 Å². The first-order valence-electron chi connectivity index (χ1n) is 17.0. The van der Waals surface area contributed by atoms with E-state index < -0.39 is 20.0 Å². The van der Waals surface area contributed by atoms with E-state index in [4.69, 9.17) is 43.1 Å². The Morgan fingerprint density at radius 2 is 1.33 bits per heavy atom. The number of nitrogens with zero attached hydrogens (tertiary/aromatic N) is 11. The topological polar surface area (TPSA) is 239 Å². The zero-order chi connectivity index (χ0) is 41.4. The molecular weight excluding hydrogens is 882 g/mol. The molecule has 0 unspecified atom stereocenters. The molecule has 4 aromatic heterocycles. The first-order valence-corrected chi connectivity index (χ1v) is 23.8. The Morgan fingerprint density at radius 1 is 0.877 bits per heavy atom. The second-order valence-corrected chi connectivity index (χ2v) is 19.0. The number of ether oxygens (including phenoxy) is 2. The maximum absolute atomic E-state index is 12.9. The van der Waals surface area contributed by atoms with Gasteiger partial charge in [0.15, 0.2) is 35.4 Å². The maximum atomic E-state index is 12.9. The molecule has 2 spiro atoms. The number of hydrogen-bond donors (Lipinski definition) is 2. The Kier molecular flexibility index (Phi) is 15.0. The number of hydrogen-bond acceptors (Lipinski definition) is 16. The van der Waals surface area contributed by atoms with Crippen molar-refractivity contribution in [1.29, 1.82) is 5.26 Å². The summed E-state index contributed by atoms with van der Waals surface area (Å²) < 4.78 is 64.0. The van der Waals surface area contributed by atoms with Crippen LogP contribution >= 0.6 is 57.6 Å². The molecule has 19 nitrogen and oxygen atoms in total. The van der Waals surface area contributed by atoms with Crippen LogP contribution in [0.4, 0.5) is 0 Å². The van der Waals surface area contributed by atoms with Crippen LogP contribution in [0.15, 0.2) is 53.4 Å². The van der Waals surface area contributed by atoms with Gasteiger partial charge in [-0.1, -0.05) is 35.0 Å². The SMILES string of the molecule is CC#N.CN=C(NS(=O)(=O)c1c(Cl)nc2sccn12)N1CC2(C=N1)CCOCC2.CN=C(SC)N1CC2(C=N1)CCOCC2.NS(=O)(=O)c1c(Cl)nc2sccn12. The molecule has 0 aromatic carbocycles. The van der Waals surface area contributed by atoms with E-state index in [0.717, 1.165) is 50.6 Å². The van der Waals surface area contributed by atoms with E-state index in [9.17, 15) is 16.8 Å². The van der Waals surface area contributed by atoms with Crippen molar-refractivity contribution in [3.05, 3.63) is 33.5 Å². The maximum Gasteiger partial charge on any atom is 0.283 e. The second-order valence-electron chi connectivity index (χ2n) is 12.7. The molecule has 26 heteroatoms. The third kappa shape index (κ3) is 10.4. The number of guanidine groups is 1. The number of aromatic nitrogens is 4. The van der Waals surface area contributed by atoms with Gasteiger partial charge in [-0.2, -0.15) is 23.9 Å². The summed E-state index contributed by atoms with van der Waals surface area (Å²) >= 11 is 15.9. The van der Waals surface area contributed by atoms with Crippen LogP contribution in [0.1, 0.15) is 32.6 Å². The molecule has 3 N–H and O–H groups in total. The summed E-state index contributed by atoms with van der Waals surface area (Å²) in [5.74, 6) is 0.144. The van der Waals surface area contributed by atoms with Crippen molar-refractivity contribution < 1.29 is 26.3 Å². The molecular formula is C31H41Cl2N13O6S5. The lowest BCUT2D eigenvalue weighted by atomic mass is 9.82. The van der Waals surface area contributed by atoms with Crippen LogP contribution in [0.25, 0.3) is 9.92 Å². The van der Waals surface area contributed by atoms with Gasteiger partial charge in [0.2, 0.25) is 5.96 Å². The number of aliphatic imine (C=N–C) groups is 2. The number of primary sulfonamides is 1. The number of imidazole rings is 2. The molecule has 4 aliphatic heterocycles. The summed E-state index contributed by atoms with van der Waals surface area (Å²) in [5, 5.41) is 28.7. The van der Waals surface area contributed by atoms with E-state index in [1.54, 1.807) is 46.0 Å². The van der Waals surface area contributed by atoms with Crippen LogP contribution < -0.4 is 9.86 Å². The molecule has 2 saturated heterocycles. The molecule has 0 aliphatic carbocycles. The molecule has 8 rings (SSSR count). The number of amidine groups is 1. The summed E-state index contributed by atoms with van der Waals surface area (Å²) in [6, 6.07) is 1.75. The Bertz CT molecular complexity index is 2410. The van der Waals surface area contributed by atoms with Crippen LogP contribution in [0.2, 0.25) is 10.3 Å². The molecule has 0 amide bonds. The molecule has 57 heavy (non-hydrogen) atoms. The number of halogens is 2. The van der Waals surface area contributed by atoms with Crippen molar-refractivity contribution in [3.8, 4) is 6.07 Å². The van der Waals surface area contributed by atoms with E-state index in [0.29, 0.717) is 29.7 Å². The smallest absolute Gasteiger partial charge is 0.283 e.